The van der Waals surface area contributed by atoms with Crippen LogP contribution in [0.3, 0.4) is 0 Å². The van der Waals surface area contributed by atoms with Crippen molar-refractivity contribution in [1.82, 2.24) is 10.6 Å². The van der Waals surface area contributed by atoms with E-state index in [9.17, 15) is 4.79 Å². The Labute approximate surface area is 116 Å². The second-order valence-electron chi connectivity index (χ2n) is 6.40. The molecular weight excluding hydrogens is 240 g/mol. The molecule has 0 atom stereocenters. The Kier molecular flexibility index (Phi) is 4.85. The van der Waals surface area contributed by atoms with Gasteiger partial charge in [-0.25, -0.2) is 0 Å². The molecule has 2 aliphatic rings. The molecule has 1 amide bonds. The van der Waals surface area contributed by atoms with E-state index < -0.39 is 0 Å². The van der Waals surface area contributed by atoms with Crippen molar-refractivity contribution in [2.75, 3.05) is 33.4 Å². The van der Waals surface area contributed by atoms with Crippen molar-refractivity contribution in [1.29, 1.82) is 0 Å². The molecule has 0 bridgehead atoms. The van der Waals surface area contributed by atoms with Gasteiger partial charge in [0.05, 0.1) is 6.61 Å². The summed E-state index contributed by atoms with van der Waals surface area (Å²) in [5, 5.41) is 6.60. The maximum absolute atomic E-state index is 12.3. The van der Waals surface area contributed by atoms with Crippen LogP contribution in [-0.2, 0) is 9.53 Å². The van der Waals surface area contributed by atoms with Crippen molar-refractivity contribution in [3.63, 3.8) is 0 Å². The third-order valence-electron chi connectivity index (χ3n) is 4.80. The van der Waals surface area contributed by atoms with Crippen molar-refractivity contribution < 1.29 is 9.53 Å². The number of ether oxygens (including phenoxy) is 1. The van der Waals surface area contributed by atoms with E-state index in [0.717, 1.165) is 64.8 Å². The molecule has 1 saturated heterocycles. The zero-order valence-corrected chi connectivity index (χ0v) is 12.4. The Morgan fingerprint density at radius 2 is 1.95 bits per heavy atom. The van der Waals surface area contributed by atoms with Crippen LogP contribution in [0.25, 0.3) is 0 Å². The van der Waals surface area contributed by atoms with Crippen molar-refractivity contribution in [3.8, 4) is 0 Å². The van der Waals surface area contributed by atoms with Crippen LogP contribution in [0.1, 0.15) is 45.4 Å². The second-order valence-corrected chi connectivity index (χ2v) is 6.40. The van der Waals surface area contributed by atoms with E-state index in [2.05, 4.69) is 17.6 Å². The highest BCUT2D eigenvalue weighted by atomic mass is 16.5. The molecular formula is C15H28N2O2. The largest absolute Gasteiger partial charge is 0.384 e. The van der Waals surface area contributed by atoms with Crippen LogP contribution >= 0.6 is 0 Å². The van der Waals surface area contributed by atoms with E-state index >= 15 is 0 Å². The van der Waals surface area contributed by atoms with E-state index in [-0.39, 0.29) is 16.7 Å². The van der Waals surface area contributed by atoms with E-state index in [1.54, 1.807) is 7.11 Å². The van der Waals surface area contributed by atoms with Gasteiger partial charge in [0, 0.05) is 24.5 Å². The number of hydrogen-bond acceptors (Lipinski definition) is 3. The molecule has 0 aromatic rings. The summed E-state index contributed by atoms with van der Waals surface area (Å²) in [5.41, 5.74) is 0.119. The lowest BCUT2D eigenvalue weighted by atomic mass is 9.79. The van der Waals surface area contributed by atoms with Gasteiger partial charge in [-0.05, 0) is 45.2 Å². The van der Waals surface area contributed by atoms with Crippen LogP contribution in [0.5, 0.6) is 0 Å². The number of nitrogens with one attached hydrogen (secondary N) is 2. The SMILES string of the molecule is CCCC1(C(=O)NCC2(COC)CCNCC2)CC1. The third kappa shape index (κ3) is 3.48. The predicted molar refractivity (Wildman–Crippen MR) is 76.0 cm³/mol. The van der Waals surface area contributed by atoms with Crippen LogP contribution < -0.4 is 10.6 Å². The van der Waals surface area contributed by atoms with Gasteiger partial charge in [0.2, 0.25) is 5.91 Å². The minimum Gasteiger partial charge on any atom is -0.384 e. The minimum atomic E-state index is -0.0179. The standard InChI is InChI=1S/C15H28N2O2/c1-3-4-15(5-6-15)13(18)17-11-14(12-19-2)7-9-16-10-8-14/h16H,3-12H2,1-2H3,(H,17,18). The van der Waals surface area contributed by atoms with E-state index in [1.807, 2.05) is 0 Å². The lowest BCUT2D eigenvalue weighted by Crippen LogP contribution is -2.48. The summed E-state index contributed by atoms with van der Waals surface area (Å²) >= 11 is 0. The summed E-state index contributed by atoms with van der Waals surface area (Å²) < 4.78 is 5.39. The predicted octanol–water partition coefficient (Wildman–Crippen LogP) is 1.70. The van der Waals surface area contributed by atoms with Crippen LogP contribution in [0.4, 0.5) is 0 Å². The van der Waals surface area contributed by atoms with Crippen molar-refractivity contribution in [2.45, 2.75) is 45.4 Å². The fraction of sp³-hybridized carbons (Fsp3) is 0.933. The summed E-state index contributed by atoms with van der Waals surface area (Å²) in [7, 11) is 1.76. The average Bonchev–Trinajstić information content (AvgIpc) is 3.19. The number of carbonyl (C=O) groups is 1. The monoisotopic (exact) mass is 268 g/mol. The molecule has 0 aromatic carbocycles. The van der Waals surface area contributed by atoms with Gasteiger partial charge in [-0.15, -0.1) is 0 Å². The molecule has 2 fully saturated rings. The third-order valence-corrected chi connectivity index (χ3v) is 4.80. The Balaban J connectivity index is 1.86. The maximum atomic E-state index is 12.3. The van der Waals surface area contributed by atoms with E-state index in [0.29, 0.717) is 0 Å². The Bertz CT molecular complexity index is 302. The fourth-order valence-electron chi connectivity index (χ4n) is 3.31. The molecule has 2 rings (SSSR count). The van der Waals surface area contributed by atoms with E-state index in [1.165, 1.54) is 0 Å². The number of methoxy groups -OCH3 is 1. The molecule has 4 nitrogen and oxygen atoms in total. The zero-order chi connectivity index (χ0) is 13.8. The van der Waals surface area contributed by atoms with Crippen LogP contribution in [-0.4, -0.2) is 39.3 Å². The molecule has 110 valence electrons. The van der Waals surface area contributed by atoms with Gasteiger partial charge < -0.3 is 15.4 Å². The first-order valence-corrected chi connectivity index (χ1v) is 7.64. The summed E-state index contributed by atoms with van der Waals surface area (Å²) in [6.07, 6.45) is 6.46. The van der Waals surface area contributed by atoms with Gasteiger partial charge >= 0.3 is 0 Å². The van der Waals surface area contributed by atoms with Crippen molar-refractivity contribution in [3.05, 3.63) is 0 Å². The summed E-state index contributed by atoms with van der Waals surface area (Å²) in [6.45, 7) is 5.73. The first kappa shape index (κ1) is 14.8. The zero-order valence-electron chi connectivity index (χ0n) is 12.4. The molecule has 0 radical (unpaired) electrons. The van der Waals surface area contributed by atoms with Crippen molar-refractivity contribution in [2.24, 2.45) is 10.8 Å². The first-order valence-electron chi connectivity index (χ1n) is 7.64. The van der Waals surface area contributed by atoms with Crippen LogP contribution in [0.15, 0.2) is 0 Å². The van der Waals surface area contributed by atoms with Gasteiger partial charge in [-0.3, -0.25) is 4.79 Å². The van der Waals surface area contributed by atoms with Gasteiger partial charge in [-0.2, -0.15) is 0 Å². The van der Waals surface area contributed by atoms with Gasteiger partial charge in [0.1, 0.15) is 0 Å². The molecule has 1 saturated carbocycles. The lowest BCUT2D eigenvalue weighted by Gasteiger charge is -2.37. The molecule has 1 aliphatic carbocycles. The average molecular weight is 268 g/mol. The second kappa shape index (κ2) is 6.23. The molecule has 0 aromatic heterocycles. The highest BCUT2D eigenvalue weighted by Gasteiger charge is 2.49. The minimum absolute atomic E-state index is 0.0179. The lowest BCUT2D eigenvalue weighted by molar-refractivity contribution is -0.127. The first-order chi connectivity index (χ1) is 9.16. The fourth-order valence-corrected chi connectivity index (χ4v) is 3.31. The molecule has 4 heteroatoms. The van der Waals surface area contributed by atoms with Gasteiger partial charge in [0.15, 0.2) is 0 Å². The van der Waals surface area contributed by atoms with Gasteiger partial charge in [-0.1, -0.05) is 13.3 Å². The smallest absolute Gasteiger partial charge is 0.226 e. The Morgan fingerprint density at radius 1 is 1.26 bits per heavy atom. The quantitative estimate of drug-likeness (QED) is 0.739. The van der Waals surface area contributed by atoms with Crippen LogP contribution in [0, 0.1) is 10.8 Å². The normalized spacial score (nSPS) is 23.9. The highest BCUT2D eigenvalue weighted by Crippen LogP contribution is 2.49. The number of hydrogen-bond donors (Lipinski definition) is 2. The molecule has 1 heterocycles. The topological polar surface area (TPSA) is 50.4 Å². The number of rotatable bonds is 7. The highest BCUT2D eigenvalue weighted by molar-refractivity contribution is 5.85. The molecule has 0 spiro atoms. The molecule has 1 aliphatic heterocycles. The summed E-state index contributed by atoms with van der Waals surface area (Å²) in [5.74, 6) is 0.281. The van der Waals surface area contributed by atoms with E-state index in [4.69, 9.17) is 4.74 Å². The number of amides is 1. The Hall–Kier alpha value is -0.610. The number of carbonyl (C=O) groups excluding carboxylic acids is 1. The Morgan fingerprint density at radius 3 is 2.47 bits per heavy atom. The molecule has 0 unspecified atom stereocenters. The van der Waals surface area contributed by atoms with Crippen LogP contribution in [0.2, 0.25) is 0 Å². The molecule has 19 heavy (non-hydrogen) atoms. The number of piperidine rings is 1. The summed E-state index contributed by atoms with van der Waals surface area (Å²) in [4.78, 5) is 12.3. The molecule has 2 N–H and O–H groups in total. The maximum Gasteiger partial charge on any atom is 0.226 e. The van der Waals surface area contributed by atoms with Gasteiger partial charge in [0.25, 0.3) is 0 Å². The summed E-state index contributed by atoms with van der Waals surface area (Å²) in [6, 6.07) is 0. The van der Waals surface area contributed by atoms with Crippen molar-refractivity contribution >= 4 is 5.91 Å².